The molecular formula is C51H76N8O7S4. The molecular weight excluding hydrogens is 965 g/mol. The summed E-state index contributed by atoms with van der Waals surface area (Å²) >= 11 is 0. The number of amides is 3. The molecule has 8 bridgehead atoms. The third-order valence-corrected chi connectivity index (χ3v) is 14.1. The Morgan fingerprint density at radius 3 is 2.46 bits per heavy atom. The first-order valence-corrected chi connectivity index (χ1v) is 23.8. The molecule has 3 unspecified atom stereocenters. The lowest BCUT2D eigenvalue weighted by Gasteiger charge is -2.41. The molecule has 2 aromatic heterocycles. The number of hydrazine groups is 1. The van der Waals surface area contributed by atoms with Gasteiger partial charge < -0.3 is 29.4 Å². The molecule has 19 heteroatoms. The maximum absolute atomic E-state index is 14.8. The molecule has 2 aromatic carbocycles. The van der Waals surface area contributed by atoms with E-state index < -0.39 is 41.3 Å². The van der Waals surface area contributed by atoms with Crippen LogP contribution in [-0.2, 0) is 48.0 Å². The SMILES string of the molecule is CCn1c(-c2cccnc2[C@H](C)OC)c2c3cc(ccc31)-c1cc(O)cc(c1)C[C@H](NC(=O)[C@H](C(C)C)N(C)C(=O)C1CN3CCCN1CC3)C(=O)N1CCC[C@H](N1)C(=O)OCC(C)(C)C2.S.S.S.S. The average Bonchev–Trinajstić information content (AvgIpc) is 3.45. The lowest BCUT2D eigenvalue weighted by molar-refractivity contribution is -0.155. The Balaban J connectivity index is 0.00000266. The Labute approximate surface area is 441 Å². The van der Waals surface area contributed by atoms with Gasteiger partial charge in [0.15, 0.2) is 0 Å². The topological polar surface area (TPSA) is 162 Å². The first kappa shape index (κ1) is 58.6. The summed E-state index contributed by atoms with van der Waals surface area (Å²) in [5.74, 6) is -1.70. The van der Waals surface area contributed by atoms with Crippen molar-refractivity contribution in [3.63, 3.8) is 0 Å². The van der Waals surface area contributed by atoms with Crippen molar-refractivity contribution in [1.29, 1.82) is 0 Å². The number of phenols is 1. The van der Waals surface area contributed by atoms with Crippen molar-refractivity contribution in [3.8, 4) is 28.1 Å². The molecule has 70 heavy (non-hydrogen) atoms. The molecule has 0 saturated carbocycles. The van der Waals surface area contributed by atoms with Crippen LogP contribution in [0.1, 0.15) is 83.7 Å². The van der Waals surface area contributed by atoms with Gasteiger partial charge in [-0.05, 0) is 111 Å². The largest absolute Gasteiger partial charge is 0.508 e. The predicted molar refractivity (Wildman–Crippen MR) is 295 cm³/mol. The van der Waals surface area contributed by atoms with Gasteiger partial charge >= 0.3 is 5.97 Å². The second-order valence-corrected chi connectivity index (χ2v) is 19.9. The van der Waals surface area contributed by atoms with Crippen LogP contribution in [0.3, 0.4) is 0 Å². The predicted octanol–water partition coefficient (Wildman–Crippen LogP) is 5.78. The fraction of sp³-hybridized carbons (Fsp3) is 0.549. The highest BCUT2D eigenvalue weighted by Gasteiger charge is 2.42. The smallest absolute Gasteiger partial charge is 0.324 e. The lowest BCUT2D eigenvalue weighted by atomic mass is 9.84. The summed E-state index contributed by atoms with van der Waals surface area (Å²) in [5, 5.41) is 16.9. The highest BCUT2D eigenvalue weighted by molar-refractivity contribution is 7.59. The maximum Gasteiger partial charge on any atom is 0.324 e. The molecule has 4 fully saturated rings. The Hall–Kier alpha value is -3.95. The van der Waals surface area contributed by atoms with Gasteiger partial charge in [0.25, 0.3) is 5.91 Å². The van der Waals surface area contributed by atoms with E-state index in [1.54, 1.807) is 37.4 Å². The van der Waals surface area contributed by atoms with Gasteiger partial charge in [-0.3, -0.25) is 39.0 Å². The molecule has 3 amide bonds. The van der Waals surface area contributed by atoms with E-state index in [9.17, 15) is 24.3 Å². The number of carbonyl (C=O) groups is 4. The van der Waals surface area contributed by atoms with Crippen molar-refractivity contribution in [1.82, 2.24) is 40.0 Å². The van der Waals surface area contributed by atoms with Gasteiger partial charge in [-0.2, -0.15) is 54.0 Å². The fourth-order valence-corrected chi connectivity index (χ4v) is 10.7. The summed E-state index contributed by atoms with van der Waals surface area (Å²) in [6.45, 7) is 17.4. The summed E-state index contributed by atoms with van der Waals surface area (Å²) in [5.41, 5.74) is 9.76. The van der Waals surface area contributed by atoms with Crippen molar-refractivity contribution in [2.75, 3.05) is 60.0 Å². The first-order valence-electron chi connectivity index (χ1n) is 23.8. The number of aromatic nitrogens is 2. The van der Waals surface area contributed by atoms with Crippen LogP contribution in [0.4, 0.5) is 0 Å². The standard InChI is InChI=1S/C51H68N8O7.4H2S/c1-9-58-42-16-15-34-27-38(42)39(46(58)37-13-10-17-52-44(37)32(4)65-8)28-51(5,6)30-66-50(64)40-14-11-20-59(54-40)48(62)41(25-33-23-35(34)26-36(60)24-33)53-47(61)45(31(2)3)55(7)49(63)43-29-56-18-12-19-57(43)22-21-56;;;;/h10,13,15-17,23-24,26-27,31-32,40-41,43,45,54,60H,9,11-12,14,18-22,25,28-30H2,1-8H3,(H,53,61);4*1H2/t32-,40-,41-,43?,45-;;;;/m0..../s1. The second-order valence-electron chi connectivity index (χ2n) is 19.9. The maximum atomic E-state index is 14.8. The third kappa shape index (κ3) is 12.3. The number of pyridine rings is 1. The zero-order valence-corrected chi connectivity index (χ0v) is 45.9. The van der Waals surface area contributed by atoms with Gasteiger partial charge in [-0.25, -0.2) is 5.43 Å². The highest BCUT2D eigenvalue weighted by atomic mass is 32.1. The number of hydrogen-bond acceptors (Lipinski definition) is 11. The van der Waals surface area contributed by atoms with E-state index in [0.29, 0.717) is 44.5 Å². The van der Waals surface area contributed by atoms with Crippen LogP contribution >= 0.6 is 54.0 Å². The van der Waals surface area contributed by atoms with E-state index in [0.717, 1.165) is 77.1 Å². The van der Waals surface area contributed by atoms with E-state index in [2.05, 4.69) is 64.1 Å². The Bertz CT molecular complexity index is 2480. The number of nitrogens with zero attached hydrogens (tertiary/aromatic N) is 6. The number of nitrogens with one attached hydrogen (secondary N) is 2. The zero-order chi connectivity index (χ0) is 47.0. The van der Waals surface area contributed by atoms with Gasteiger partial charge in [0.05, 0.1) is 24.1 Å². The van der Waals surface area contributed by atoms with Crippen molar-refractivity contribution in [2.45, 2.75) is 110 Å². The number of rotatable bonds is 9. The van der Waals surface area contributed by atoms with Gasteiger partial charge in [0, 0.05) is 87.9 Å². The summed E-state index contributed by atoms with van der Waals surface area (Å²) in [6.07, 6.45) is 4.10. The van der Waals surface area contributed by atoms with Gasteiger partial charge in [0.2, 0.25) is 11.8 Å². The van der Waals surface area contributed by atoms with E-state index in [1.165, 1.54) is 5.01 Å². The number of hydrogen-bond donors (Lipinski definition) is 3. The number of aryl methyl sites for hydroxylation is 1. The van der Waals surface area contributed by atoms with Crippen molar-refractivity contribution in [3.05, 3.63) is 71.5 Å². The molecule has 7 atom stereocenters. The normalized spacial score (nSPS) is 22.9. The summed E-state index contributed by atoms with van der Waals surface area (Å²) in [6, 6.07) is 12.5. The first-order chi connectivity index (χ1) is 31.6. The number of carbonyl (C=O) groups excluding carboxylic acids is 4. The molecule has 4 saturated heterocycles. The molecule has 386 valence electrons. The molecule has 5 aliphatic rings. The minimum absolute atomic E-state index is 0. The minimum Gasteiger partial charge on any atom is -0.508 e. The molecule has 7 heterocycles. The van der Waals surface area contributed by atoms with Crippen molar-refractivity contribution >= 4 is 88.6 Å². The number of fused-ring (bicyclic) bond motifs is 10. The van der Waals surface area contributed by atoms with E-state index in [-0.39, 0.29) is 96.7 Å². The van der Waals surface area contributed by atoms with Crippen molar-refractivity contribution in [2.24, 2.45) is 11.3 Å². The van der Waals surface area contributed by atoms with Gasteiger partial charge in [-0.1, -0.05) is 39.8 Å². The number of phenolic OH excluding ortho intramolecular Hbond substituents is 1. The van der Waals surface area contributed by atoms with Crippen LogP contribution in [0.2, 0.25) is 0 Å². The monoisotopic (exact) mass is 1040 g/mol. The van der Waals surface area contributed by atoms with Crippen LogP contribution in [-0.4, -0.2) is 142 Å². The van der Waals surface area contributed by atoms with Gasteiger partial charge in [-0.15, -0.1) is 0 Å². The molecule has 0 aliphatic carbocycles. The van der Waals surface area contributed by atoms with E-state index in [1.807, 2.05) is 39.0 Å². The quantitative estimate of drug-likeness (QED) is 0.175. The molecule has 4 aromatic rings. The number of esters is 1. The Morgan fingerprint density at radius 1 is 0.986 bits per heavy atom. The van der Waals surface area contributed by atoms with Crippen LogP contribution in [0.15, 0.2) is 54.7 Å². The Kier molecular flexibility index (Phi) is 20.6. The summed E-state index contributed by atoms with van der Waals surface area (Å²) in [7, 11) is 3.37. The number of likely N-dealkylation sites (N-methyl/N-ethyl adjacent to an activating group) is 1. The number of ether oxygens (including phenoxy) is 2. The molecule has 0 radical (unpaired) electrons. The number of cyclic esters (lactones) is 1. The Morgan fingerprint density at radius 2 is 1.74 bits per heavy atom. The van der Waals surface area contributed by atoms with E-state index >= 15 is 0 Å². The number of aromatic hydroxyl groups is 1. The fourth-order valence-electron chi connectivity index (χ4n) is 10.7. The average molecular weight is 1040 g/mol. The van der Waals surface area contributed by atoms with Crippen LogP contribution in [0.5, 0.6) is 5.75 Å². The lowest BCUT2D eigenvalue weighted by Crippen LogP contribution is -2.63. The third-order valence-electron chi connectivity index (χ3n) is 14.1. The van der Waals surface area contributed by atoms with Gasteiger partial charge in [0.1, 0.15) is 29.9 Å². The summed E-state index contributed by atoms with van der Waals surface area (Å²) in [4.78, 5) is 68.5. The second kappa shape index (κ2) is 24.6. The molecule has 0 spiro atoms. The number of benzene rings is 2. The number of piperazine rings is 1. The van der Waals surface area contributed by atoms with E-state index in [4.69, 9.17) is 14.5 Å². The molecule has 15 nitrogen and oxygen atoms in total. The zero-order valence-electron chi connectivity index (χ0n) is 41.9. The van der Waals surface area contributed by atoms with Crippen LogP contribution in [0, 0.1) is 11.3 Å². The summed E-state index contributed by atoms with van der Waals surface area (Å²) < 4.78 is 14.3. The van der Waals surface area contributed by atoms with Crippen molar-refractivity contribution < 1.29 is 33.8 Å². The van der Waals surface area contributed by atoms with Crippen LogP contribution in [0.25, 0.3) is 33.3 Å². The molecule has 3 N–H and O–H groups in total. The highest BCUT2D eigenvalue weighted by Crippen LogP contribution is 2.42. The number of methoxy groups -OCH3 is 1. The van der Waals surface area contributed by atoms with Crippen LogP contribution < -0.4 is 10.7 Å². The molecule has 5 aliphatic heterocycles. The minimum atomic E-state index is -1.11. The molecule has 9 rings (SSSR count).